The van der Waals surface area contributed by atoms with E-state index in [1.54, 1.807) is 23.4 Å². The van der Waals surface area contributed by atoms with Crippen molar-refractivity contribution in [3.8, 4) is 0 Å². The first-order valence-electron chi connectivity index (χ1n) is 11.3. The Kier molecular flexibility index (Phi) is 4.76. The number of aryl methyl sites for hydroxylation is 1. The van der Waals surface area contributed by atoms with Gasteiger partial charge in [-0.25, -0.2) is 4.39 Å². The predicted octanol–water partition coefficient (Wildman–Crippen LogP) is 5.41. The minimum atomic E-state index is -0.175. The zero-order valence-electron chi connectivity index (χ0n) is 17.2. The molecule has 156 valence electrons. The molecule has 0 radical (unpaired) electrons. The van der Waals surface area contributed by atoms with E-state index in [0.717, 1.165) is 30.3 Å². The normalized spacial score (nSPS) is 23.4. The second-order valence-corrected chi connectivity index (χ2v) is 10.1. The molecule has 30 heavy (non-hydrogen) atoms. The van der Waals surface area contributed by atoms with Gasteiger partial charge in [-0.1, -0.05) is 12.1 Å². The monoisotopic (exact) mass is 421 g/mol. The van der Waals surface area contributed by atoms with E-state index in [2.05, 4.69) is 39.2 Å². The van der Waals surface area contributed by atoms with Crippen molar-refractivity contribution in [1.29, 1.82) is 0 Å². The van der Waals surface area contributed by atoms with Crippen LogP contribution < -0.4 is 4.90 Å². The van der Waals surface area contributed by atoms with E-state index in [0.29, 0.717) is 12.0 Å². The molecule has 3 aliphatic rings. The molecule has 4 heterocycles. The Morgan fingerprint density at radius 2 is 2.13 bits per heavy atom. The van der Waals surface area contributed by atoms with Crippen LogP contribution in [-0.2, 0) is 6.42 Å². The van der Waals surface area contributed by atoms with Crippen molar-refractivity contribution in [3.63, 3.8) is 0 Å². The van der Waals surface area contributed by atoms with Crippen molar-refractivity contribution < 1.29 is 4.39 Å². The number of anilines is 1. The van der Waals surface area contributed by atoms with Crippen LogP contribution >= 0.6 is 11.8 Å². The number of hydrogen-bond acceptors (Lipinski definition) is 3. The van der Waals surface area contributed by atoms with Crippen LogP contribution in [0.3, 0.4) is 0 Å². The van der Waals surface area contributed by atoms with Gasteiger partial charge in [-0.15, -0.1) is 11.8 Å². The zero-order chi connectivity index (χ0) is 20.1. The van der Waals surface area contributed by atoms with Crippen LogP contribution in [0.15, 0.2) is 47.5 Å². The molecule has 1 N–H and O–H groups in total. The van der Waals surface area contributed by atoms with E-state index < -0.39 is 0 Å². The molecule has 6 rings (SSSR count). The Hall–Kier alpha value is -1.98. The van der Waals surface area contributed by atoms with Gasteiger partial charge in [-0.2, -0.15) is 0 Å². The molecule has 3 aromatic rings. The van der Waals surface area contributed by atoms with E-state index in [1.807, 2.05) is 17.8 Å². The van der Waals surface area contributed by atoms with Crippen molar-refractivity contribution in [3.05, 3.63) is 59.5 Å². The highest BCUT2D eigenvalue weighted by Crippen LogP contribution is 2.50. The molecule has 1 aromatic heterocycles. The van der Waals surface area contributed by atoms with Gasteiger partial charge in [0.05, 0.1) is 5.69 Å². The second kappa shape index (κ2) is 7.61. The third-order valence-electron chi connectivity index (χ3n) is 7.23. The van der Waals surface area contributed by atoms with Gasteiger partial charge in [0.25, 0.3) is 0 Å². The smallest absolute Gasteiger partial charge is 0.125 e. The van der Waals surface area contributed by atoms with Crippen LogP contribution in [0.4, 0.5) is 10.1 Å². The lowest BCUT2D eigenvalue weighted by atomic mass is 9.89. The van der Waals surface area contributed by atoms with Gasteiger partial charge in [0, 0.05) is 53.6 Å². The number of para-hydroxylation sites is 1. The molecule has 3 aliphatic heterocycles. The van der Waals surface area contributed by atoms with Gasteiger partial charge in [0.15, 0.2) is 0 Å². The molecule has 0 bridgehead atoms. The lowest BCUT2D eigenvalue weighted by Gasteiger charge is -2.39. The molecule has 0 spiro atoms. The number of halogens is 1. The van der Waals surface area contributed by atoms with Crippen molar-refractivity contribution >= 4 is 28.4 Å². The highest BCUT2D eigenvalue weighted by molar-refractivity contribution is 7.99. The summed E-state index contributed by atoms with van der Waals surface area (Å²) in [6.45, 7) is 4.74. The molecule has 0 aliphatic carbocycles. The Morgan fingerprint density at radius 3 is 3.10 bits per heavy atom. The summed E-state index contributed by atoms with van der Waals surface area (Å²) in [6, 6.07) is 12.7. The summed E-state index contributed by atoms with van der Waals surface area (Å²) in [7, 11) is 0. The standard InChI is InChI=1S/C25H28FN3S/c26-18-7-8-19-17(15-27-22(19)14-18)4-2-10-28-12-9-23-21(16-28)20-5-1-6-24-25(20)29(23)11-3-13-30-24/h1,5-8,14-15,21,23,27H,2-4,9-13,16H2/t21-,23-/m1/s1. The molecule has 5 heteroatoms. The summed E-state index contributed by atoms with van der Waals surface area (Å²) in [5, 5.41) is 1.16. The van der Waals surface area contributed by atoms with Crippen molar-refractivity contribution in [2.75, 3.05) is 36.8 Å². The highest BCUT2D eigenvalue weighted by atomic mass is 32.2. The SMILES string of the molecule is Fc1ccc2c(CCCN3CC[C@@H]4[C@H](C3)c3cccc5c3N4CCCS5)c[nH]c2c1. The maximum atomic E-state index is 13.4. The first-order valence-corrected chi connectivity index (χ1v) is 12.3. The number of hydrogen-bond donors (Lipinski definition) is 1. The van der Waals surface area contributed by atoms with E-state index in [4.69, 9.17) is 0 Å². The fourth-order valence-corrected chi connectivity index (χ4v) is 6.91. The van der Waals surface area contributed by atoms with Gasteiger partial charge >= 0.3 is 0 Å². The van der Waals surface area contributed by atoms with E-state index in [1.165, 1.54) is 48.7 Å². The quantitative estimate of drug-likeness (QED) is 0.609. The van der Waals surface area contributed by atoms with Gasteiger partial charge in [0.1, 0.15) is 5.82 Å². The molecule has 2 aromatic carbocycles. The Bertz CT molecular complexity index is 1080. The topological polar surface area (TPSA) is 22.3 Å². The van der Waals surface area contributed by atoms with Crippen LogP contribution in [0.5, 0.6) is 0 Å². The number of benzene rings is 2. The third kappa shape index (κ3) is 3.14. The average molecular weight is 422 g/mol. The van der Waals surface area contributed by atoms with Crippen molar-refractivity contribution in [2.24, 2.45) is 0 Å². The van der Waals surface area contributed by atoms with Crippen LogP contribution in [-0.4, -0.2) is 47.9 Å². The summed E-state index contributed by atoms with van der Waals surface area (Å²) >= 11 is 2.05. The summed E-state index contributed by atoms with van der Waals surface area (Å²) in [5.74, 6) is 1.73. The number of rotatable bonds is 4. The number of nitrogens with zero attached hydrogens (tertiary/aromatic N) is 2. The number of H-pyrrole nitrogens is 1. The highest BCUT2D eigenvalue weighted by Gasteiger charge is 2.43. The van der Waals surface area contributed by atoms with Crippen LogP contribution in [0.1, 0.15) is 36.3 Å². The number of likely N-dealkylation sites (tertiary alicyclic amines) is 1. The lowest BCUT2D eigenvalue weighted by Crippen LogP contribution is -2.46. The largest absolute Gasteiger partial charge is 0.367 e. The number of thioether (sulfide) groups is 1. The fourth-order valence-electron chi connectivity index (χ4n) is 5.87. The molecule has 0 saturated carbocycles. The summed E-state index contributed by atoms with van der Waals surface area (Å²) in [4.78, 5) is 10.1. The molecule has 1 saturated heterocycles. The van der Waals surface area contributed by atoms with E-state index in [-0.39, 0.29) is 5.82 Å². The molecular weight excluding hydrogens is 393 g/mol. The van der Waals surface area contributed by atoms with Crippen molar-refractivity contribution in [2.45, 2.75) is 42.5 Å². The Balaban J connectivity index is 1.14. The summed E-state index contributed by atoms with van der Waals surface area (Å²) in [6.07, 6.45) is 6.81. The minimum absolute atomic E-state index is 0.175. The molecule has 3 nitrogen and oxygen atoms in total. The predicted molar refractivity (Wildman–Crippen MR) is 123 cm³/mol. The van der Waals surface area contributed by atoms with Crippen LogP contribution in [0.2, 0.25) is 0 Å². The van der Waals surface area contributed by atoms with Crippen LogP contribution in [0, 0.1) is 5.82 Å². The number of aromatic amines is 1. The molecule has 0 amide bonds. The first kappa shape index (κ1) is 18.8. The number of nitrogens with one attached hydrogen (secondary N) is 1. The third-order valence-corrected chi connectivity index (χ3v) is 8.36. The molecular formula is C25H28FN3S. The molecule has 1 fully saturated rings. The van der Waals surface area contributed by atoms with Gasteiger partial charge in [-0.3, -0.25) is 0 Å². The average Bonchev–Trinajstić information content (AvgIpc) is 3.21. The van der Waals surface area contributed by atoms with E-state index >= 15 is 0 Å². The van der Waals surface area contributed by atoms with Crippen molar-refractivity contribution in [1.82, 2.24) is 9.88 Å². The second-order valence-electron chi connectivity index (χ2n) is 8.96. The maximum absolute atomic E-state index is 13.4. The summed E-state index contributed by atoms with van der Waals surface area (Å²) < 4.78 is 13.4. The zero-order valence-corrected chi connectivity index (χ0v) is 18.1. The van der Waals surface area contributed by atoms with Gasteiger partial charge in [0.2, 0.25) is 0 Å². The Labute approximate surface area is 181 Å². The number of fused-ring (bicyclic) bond motifs is 4. The lowest BCUT2D eigenvalue weighted by molar-refractivity contribution is 0.191. The van der Waals surface area contributed by atoms with Crippen LogP contribution in [0.25, 0.3) is 10.9 Å². The molecule has 2 atom stereocenters. The maximum Gasteiger partial charge on any atom is 0.125 e. The fraction of sp³-hybridized carbons (Fsp3) is 0.440. The van der Waals surface area contributed by atoms with Gasteiger partial charge < -0.3 is 14.8 Å². The number of aromatic nitrogens is 1. The first-order chi connectivity index (χ1) is 14.8. The number of piperidine rings is 1. The van der Waals surface area contributed by atoms with E-state index in [9.17, 15) is 4.39 Å². The van der Waals surface area contributed by atoms with Gasteiger partial charge in [-0.05, 0) is 73.4 Å². The summed E-state index contributed by atoms with van der Waals surface area (Å²) in [5.41, 5.74) is 5.36. The minimum Gasteiger partial charge on any atom is -0.367 e. The molecule has 0 unspecified atom stereocenters. The Morgan fingerprint density at radius 1 is 1.17 bits per heavy atom.